The van der Waals surface area contributed by atoms with E-state index >= 15 is 0 Å². The van der Waals surface area contributed by atoms with Crippen LogP contribution in [0.3, 0.4) is 0 Å². The zero-order valence-electron chi connectivity index (χ0n) is 15.4. The van der Waals surface area contributed by atoms with Crippen molar-refractivity contribution in [3.63, 3.8) is 0 Å². The molecule has 0 aliphatic rings. The number of nitrogens with one attached hydrogen (secondary N) is 1. The first-order chi connectivity index (χ1) is 13.9. The predicted molar refractivity (Wildman–Crippen MR) is 106 cm³/mol. The third-order valence-corrected chi connectivity index (χ3v) is 5.73. The van der Waals surface area contributed by atoms with Crippen LogP contribution < -0.4 is 9.62 Å². The molecular formula is C20H18N2O6S. The highest BCUT2D eigenvalue weighted by atomic mass is 32.2. The molecule has 1 heterocycles. The Labute approximate surface area is 167 Å². The Morgan fingerprint density at radius 1 is 1.03 bits per heavy atom. The lowest BCUT2D eigenvalue weighted by Gasteiger charge is -2.19. The van der Waals surface area contributed by atoms with E-state index in [-0.39, 0.29) is 16.3 Å². The molecule has 1 N–H and O–H groups in total. The lowest BCUT2D eigenvalue weighted by molar-refractivity contribution is -0.119. The van der Waals surface area contributed by atoms with Crippen LogP contribution in [0.15, 0.2) is 82.3 Å². The van der Waals surface area contributed by atoms with Gasteiger partial charge in [-0.2, -0.15) is 0 Å². The SMILES string of the molecule is CN(c1ccccc1)S(=O)(=O)c1cccc(NC(=O)COC(=O)c2ccco2)c1. The third kappa shape index (κ3) is 4.82. The van der Waals surface area contributed by atoms with E-state index in [2.05, 4.69) is 5.32 Å². The number of carbonyl (C=O) groups is 2. The zero-order valence-corrected chi connectivity index (χ0v) is 16.3. The van der Waals surface area contributed by atoms with E-state index in [0.29, 0.717) is 5.69 Å². The molecular weight excluding hydrogens is 396 g/mol. The molecule has 1 amide bonds. The number of ether oxygens (including phenoxy) is 1. The molecule has 3 rings (SSSR count). The predicted octanol–water partition coefficient (Wildman–Crippen LogP) is 2.90. The highest BCUT2D eigenvalue weighted by Crippen LogP contribution is 2.23. The van der Waals surface area contributed by atoms with Gasteiger partial charge in [-0.25, -0.2) is 13.2 Å². The van der Waals surface area contributed by atoms with Crippen LogP contribution in [0.25, 0.3) is 0 Å². The van der Waals surface area contributed by atoms with Crippen molar-refractivity contribution in [2.24, 2.45) is 0 Å². The second-order valence-corrected chi connectivity index (χ2v) is 7.91. The average Bonchev–Trinajstić information content (AvgIpc) is 3.27. The largest absolute Gasteiger partial charge is 0.457 e. The van der Waals surface area contributed by atoms with E-state index in [0.717, 1.165) is 4.31 Å². The normalized spacial score (nSPS) is 10.9. The minimum Gasteiger partial charge on any atom is -0.457 e. The summed E-state index contributed by atoms with van der Waals surface area (Å²) < 4.78 is 36.6. The lowest BCUT2D eigenvalue weighted by Crippen LogP contribution is -2.26. The summed E-state index contributed by atoms with van der Waals surface area (Å²) in [6.45, 7) is -0.541. The first kappa shape index (κ1) is 20.2. The minimum absolute atomic E-state index is 0.00855. The number of nitrogens with zero attached hydrogens (tertiary/aromatic N) is 1. The van der Waals surface area contributed by atoms with Crippen LogP contribution in [0.2, 0.25) is 0 Å². The smallest absolute Gasteiger partial charge is 0.374 e. The molecule has 0 saturated carbocycles. The van der Waals surface area contributed by atoms with Crippen LogP contribution in [-0.2, 0) is 19.6 Å². The van der Waals surface area contributed by atoms with Gasteiger partial charge in [-0.3, -0.25) is 9.10 Å². The highest BCUT2D eigenvalue weighted by Gasteiger charge is 2.22. The second kappa shape index (κ2) is 8.61. The summed E-state index contributed by atoms with van der Waals surface area (Å²) in [4.78, 5) is 23.7. The first-order valence-corrected chi connectivity index (χ1v) is 9.96. The first-order valence-electron chi connectivity index (χ1n) is 8.52. The summed E-state index contributed by atoms with van der Waals surface area (Å²) >= 11 is 0. The Hall–Kier alpha value is -3.59. The number of amides is 1. The van der Waals surface area contributed by atoms with Crippen LogP contribution in [0.5, 0.6) is 0 Å². The molecule has 0 fully saturated rings. The third-order valence-electron chi connectivity index (χ3n) is 3.95. The van der Waals surface area contributed by atoms with Gasteiger partial charge in [-0.15, -0.1) is 0 Å². The molecule has 2 aromatic carbocycles. The van der Waals surface area contributed by atoms with Gasteiger partial charge < -0.3 is 14.5 Å². The van der Waals surface area contributed by atoms with Gasteiger partial charge in [0.2, 0.25) is 5.76 Å². The summed E-state index contributed by atoms with van der Waals surface area (Å²) in [7, 11) is -2.37. The van der Waals surface area contributed by atoms with Gasteiger partial charge in [0.15, 0.2) is 6.61 Å². The maximum absolute atomic E-state index is 12.9. The molecule has 150 valence electrons. The Balaban J connectivity index is 1.67. The van der Waals surface area contributed by atoms with Crippen molar-refractivity contribution in [1.29, 1.82) is 0 Å². The fourth-order valence-electron chi connectivity index (χ4n) is 2.46. The van der Waals surface area contributed by atoms with Crippen LogP contribution in [0.4, 0.5) is 11.4 Å². The molecule has 0 unspecified atom stereocenters. The summed E-state index contributed by atoms with van der Waals surface area (Å²) in [5, 5.41) is 2.50. The van der Waals surface area contributed by atoms with Crippen molar-refractivity contribution in [2.45, 2.75) is 4.90 Å². The summed E-state index contributed by atoms with van der Waals surface area (Å²) in [5.41, 5.74) is 0.762. The molecule has 0 aliphatic heterocycles. The van der Waals surface area contributed by atoms with E-state index in [1.165, 1.54) is 49.7 Å². The van der Waals surface area contributed by atoms with Gasteiger partial charge in [-0.1, -0.05) is 24.3 Å². The zero-order chi connectivity index (χ0) is 20.9. The highest BCUT2D eigenvalue weighted by molar-refractivity contribution is 7.92. The average molecular weight is 414 g/mol. The molecule has 0 bridgehead atoms. The van der Waals surface area contributed by atoms with Crippen molar-refractivity contribution < 1.29 is 27.2 Å². The second-order valence-electron chi connectivity index (χ2n) is 5.94. The van der Waals surface area contributed by atoms with Gasteiger partial charge >= 0.3 is 5.97 Å². The number of benzene rings is 2. The molecule has 0 aliphatic carbocycles. The Morgan fingerprint density at radius 2 is 1.79 bits per heavy atom. The molecule has 0 saturated heterocycles. The Bertz CT molecular complexity index is 1100. The van der Waals surface area contributed by atoms with Crippen molar-refractivity contribution in [2.75, 3.05) is 23.3 Å². The molecule has 8 nitrogen and oxygen atoms in total. The topological polar surface area (TPSA) is 106 Å². The van der Waals surface area contributed by atoms with Gasteiger partial charge in [-0.05, 0) is 42.5 Å². The van der Waals surface area contributed by atoms with Gasteiger partial charge in [0.05, 0.1) is 16.8 Å². The number of sulfonamides is 1. The number of furan rings is 1. The fourth-order valence-corrected chi connectivity index (χ4v) is 3.71. The molecule has 1 aromatic heterocycles. The standard InChI is InChI=1S/C20H18N2O6S/c1-22(16-8-3-2-4-9-16)29(25,26)17-10-5-7-15(13-17)21-19(23)14-28-20(24)18-11-6-12-27-18/h2-13H,14H2,1H3,(H,21,23). The number of esters is 1. The van der Waals surface area contributed by atoms with Gasteiger partial charge in [0.1, 0.15) is 0 Å². The Morgan fingerprint density at radius 3 is 2.48 bits per heavy atom. The maximum Gasteiger partial charge on any atom is 0.374 e. The number of hydrogen-bond donors (Lipinski definition) is 1. The van der Waals surface area contributed by atoms with E-state index in [1.54, 1.807) is 30.3 Å². The van der Waals surface area contributed by atoms with Crippen molar-refractivity contribution >= 4 is 33.3 Å². The summed E-state index contributed by atoms with van der Waals surface area (Å²) in [5.74, 6) is -1.41. The van der Waals surface area contributed by atoms with Gasteiger partial charge in [0, 0.05) is 12.7 Å². The fraction of sp³-hybridized carbons (Fsp3) is 0.100. The maximum atomic E-state index is 12.9. The number of anilines is 2. The molecule has 29 heavy (non-hydrogen) atoms. The van der Waals surface area contributed by atoms with Crippen molar-refractivity contribution in [3.8, 4) is 0 Å². The Kier molecular flexibility index (Phi) is 5.99. The van der Waals surface area contributed by atoms with Crippen LogP contribution in [-0.4, -0.2) is 33.9 Å². The molecule has 0 radical (unpaired) electrons. The van der Waals surface area contributed by atoms with Crippen LogP contribution >= 0.6 is 0 Å². The van der Waals surface area contributed by atoms with E-state index in [9.17, 15) is 18.0 Å². The van der Waals surface area contributed by atoms with E-state index in [4.69, 9.17) is 9.15 Å². The van der Waals surface area contributed by atoms with Crippen molar-refractivity contribution in [1.82, 2.24) is 0 Å². The molecule has 3 aromatic rings. The molecule has 0 atom stereocenters. The molecule has 0 spiro atoms. The van der Waals surface area contributed by atoms with E-state index < -0.39 is 28.5 Å². The number of hydrogen-bond acceptors (Lipinski definition) is 6. The van der Waals surface area contributed by atoms with Crippen molar-refractivity contribution in [3.05, 3.63) is 78.8 Å². The quantitative estimate of drug-likeness (QED) is 0.596. The summed E-state index contributed by atoms with van der Waals surface area (Å²) in [6, 6.07) is 17.4. The van der Waals surface area contributed by atoms with Gasteiger partial charge in [0.25, 0.3) is 15.9 Å². The monoisotopic (exact) mass is 414 g/mol. The molecule has 9 heteroatoms. The van der Waals surface area contributed by atoms with Crippen LogP contribution in [0.1, 0.15) is 10.6 Å². The number of rotatable bonds is 7. The number of para-hydroxylation sites is 1. The lowest BCUT2D eigenvalue weighted by atomic mass is 10.3. The van der Waals surface area contributed by atoms with Crippen LogP contribution in [0, 0.1) is 0 Å². The number of carbonyl (C=O) groups excluding carboxylic acids is 2. The van der Waals surface area contributed by atoms with E-state index in [1.807, 2.05) is 0 Å². The minimum atomic E-state index is -3.82. The summed E-state index contributed by atoms with van der Waals surface area (Å²) in [6.07, 6.45) is 1.31.